The van der Waals surface area contributed by atoms with Crippen LogP contribution in [0.15, 0.2) is 30.3 Å². The molecule has 0 radical (unpaired) electrons. The van der Waals surface area contributed by atoms with Crippen molar-refractivity contribution in [1.29, 1.82) is 0 Å². The van der Waals surface area contributed by atoms with E-state index in [1.165, 1.54) is 0 Å². The van der Waals surface area contributed by atoms with Crippen LogP contribution in [0.5, 0.6) is 0 Å². The van der Waals surface area contributed by atoms with E-state index in [4.69, 9.17) is 9.94 Å². The molecule has 0 aliphatic heterocycles. The van der Waals surface area contributed by atoms with Crippen molar-refractivity contribution in [3.63, 3.8) is 0 Å². The highest BCUT2D eigenvalue weighted by molar-refractivity contribution is 5.70. The molecule has 0 saturated heterocycles. The maximum absolute atomic E-state index is 11.0. The van der Waals surface area contributed by atoms with Gasteiger partial charge in [0.1, 0.15) is 0 Å². The molecule has 1 aromatic carbocycles. The second kappa shape index (κ2) is 8.66. The van der Waals surface area contributed by atoms with Gasteiger partial charge < -0.3 is 5.11 Å². The SMILES string of the molecule is CCCC[C@@H](CNOCc1ccccc1)C(=O)O. The summed E-state index contributed by atoms with van der Waals surface area (Å²) in [6, 6.07) is 9.77. The van der Waals surface area contributed by atoms with Gasteiger partial charge >= 0.3 is 5.97 Å². The molecule has 18 heavy (non-hydrogen) atoms. The van der Waals surface area contributed by atoms with Gasteiger partial charge in [0.15, 0.2) is 0 Å². The molecular formula is C14H21NO3. The maximum atomic E-state index is 11.0. The highest BCUT2D eigenvalue weighted by Crippen LogP contribution is 2.08. The van der Waals surface area contributed by atoms with Gasteiger partial charge in [-0.2, -0.15) is 0 Å². The van der Waals surface area contributed by atoms with Gasteiger partial charge in [0.25, 0.3) is 0 Å². The lowest BCUT2D eigenvalue weighted by molar-refractivity contribution is -0.143. The van der Waals surface area contributed by atoms with Gasteiger partial charge in [-0.15, -0.1) is 0 Å². The topological polar surface area (TPSA) is 58.6 Å². The fraction of sp³-hybridized carbons (Fsp3) is 0.500. The third-order valence-corrected chi connectivity index (χ3v) is 2.77. The molecular weight excluding hydrogens is 230 g/mol. The van der Waals surface area contributed by atoms with Crippen molar-refractivity contribution in [2.45, 2.75) is 32.8 Å². The van der Waals surface area contributed by atoms with E-state index < -0.39 is 5.97 Å². The number of rotatable bonds is 9. The fourth-order valence-corrected chi connectivity index (χ4v) is 1.63. The summed E-state index contributed by atoms with van der Waals surface area (Å²) < 4.78 is 0. The van der Waals surface area contributed by atoms with Crippen LogP contribution in [0.2, 0.25) is 0 Å². The molecule has 1 rings (SSSR count). The Hall–Kier alpha value is -1.39. The van der Waals surface area contributed by atoms with Crippen LogP contribution in [0.1, 0.15) is 31.7 Å². The highest BCUT2D eigenvalue weighted by atomic mass is 16.6. The lowest BCUT2D eigenvalue weighted by Crippen LogP contribution is -2.28. The third-order valence-electron chi connectivity index (χ3n) is 2.77. The van der Waals surface area contributed by atoms with Gasteiger partial charge in [-0.1, -0.05) is 50.1 Å². The van der Waals surface area contributed by atoms with Gasteiger partial charge in [0, 0.05) is 6.54 Å². The number of benzene rings is 1. The lowest BCUT2D eigenvalue weighted by Gasteiger charge is -2.12. The van der Waals surface area contributed by atoms with Gasteiger partial charge in [-0.25, -0.2) is 5.48 Å². The number of carboxylic acids is 1. The summed E-state index contributed by atoms with van der Waals surface area (Å²) in [5.41, 5.74) is 3.80. The standard InChI is InChI=1S/C14H21NO3/c1-2-3-9-13(14(16)17)10-15-18-11-12-7-5-4-6-8-12/h4-8,13,15H,2-3,9-11H2,1H3,(H,16,17)/t13-/m0/s1. The van der Waals surface area contributed by atoms with Crippen molar-refractivity contribution in [2.75, 3.05) is 6.54 Å². The molecule has 4 heteroatoms. The summed E-state index contributed by atoms with van der Waals surface area (Å²) in [5, 5.41) is 9.02. The molecule has 1 aromatic rings. The first-order valence-electron chi connectivity index (χ1n) is 6.35. The number of carbonyl (C=O) groups is 1. The summed E-state index contributed by atoms with van der Waals surface area (Å²) in [7, 11) is 0. The van der Waals surface area contributed by atoms with E-state index in [2.05, 4.69) is 12.4 Å². The van der Waals surface area contributed by atoms with Crippen LogP contribution in [0.25, 0.3) is 0 Å². The largest absolute Gasteiger partial charge is 0.481 e. The molecule has 0 aliphatic rings. The molecule has 0 aliphatic carbocycles. The molecule has 0 saturated carbocycles. The number of aliphatic carboxylic acids is 1. The Morgan fingerprint density at radius 3 is 2.72 bits per heavy atom. The van der Waals surface area contributed by atoms with E-state index in [9.17, 15) is 4.79 Å². The molecule has 0 aromatic heterocycles. The normalized spacial score (nSPS) is 12.3. The number of hydrogen-bond acceptors (Lipinski definition) is 3. The first-order chi connectivity index (χ1) is 8.74. The van der Waals surface area contributed by atoms with Crippen LogP contribution in [-0.4, -0.2) is 17.6 Å². The second-order valence-electron chi connectivity index (χ2n) is 4.30. The van der Waals surface area contributed by atoms with Crippen LogP contribution in [0, 0.1) is 5.92 Å². The Labute approximate surface area is 108 Å². The average Bonchev–Trinajstić information content (AvgIpc) is 2.38. The molecule has 0 unspecified atom stereocenters. The summed E-state index contributed by atoms with van der Waals surface area (Å²) in [6.07, 6.45) is 2.62. The Morgan fingerprint density at radius 2 is 2.11 bits per heavy atom. The number of hydroxylamine groups is 1. The zero-order valence-corrected chi connectivity index (χ0v) is 10.8. The summed E-state index contributed by atoms with van der Waals surface area (Å²) in [6.45, 7) is 2.85. The first kappa shape index (κ1) is 14.7. The number of carboxylic acid groups (broad SMARTS) is 1. The van der Waals surface area contributed by atoms with Crippen LogP contribution in [0.3, 0.4) is 0 Å². The van der Waals surface area contributed by atoms with Crippen molar-refractivity contribution >= 4 is 5.97 Å². The Balaban J connectivity index is 2.20. The molecule has 0 bridgehead atoms. The zero-order valence-electron chi connectivity index (χ0n) is 10.8. The molecule has 1 atom stereocenters. The van der Waals surface area contributed by atoms with Crippen molar-refractivity contribution in [2.24, 2.45) is 5.92 Å². The monoisotopic (exact) mass is 251 g/mol. The molecule has 0 heterocycles. The summed E-state index contributed by atoms with van der Waals surface area (Å²) in [4.78, 5) is 16.2. The van der Waals surface area contributed by atoms with Gasteiger partial charge in [-0.3, -0.25) is 9.63 Å². The summed E-state index contributed by atoms with van der Waals surface area (Å²) >= 11 is 0. The minimum Gasteiger partial charge on any atom is -0.481 e. The Morgan fingerprint density at radius 1 is 1.39 bits per heavy atom. The predicted octanol–water partition coefficient (Wildman–Crippen LogP) is 2.60. The molecule has 0 fully saturated rings. The number of unbranched alkanes of at least 4 members (excludes halogenated alkanes) is 1. The van der Waals surface area contributed by atoms with E-state index in [1.54, 1.807) is 0 Å². The molecule has 0 amide bonds. The van der Waals surface area contributed by atoms with E-state index in [1.807, 2.05) is 30.3 Å². The van der Waals surface area contributed by atoms with Crippen molar-refractivity contribution in [3.8, 4) is 0 Å². The van der Waals surface area contributed by atoms with Crippen molar-refractivity contribution in [1.82, 2.24) is 5.48 Å². The Kier molecular flexibility index (Phi) is 7.06. The lowest BCUT2D eigenvalue weighted by atomic mass is 10.0. The fourth-order valence-electron chi connectivity index (χ4n) is 1.63. The molecule has 2 N–H and O–H groups in total. The average molecular weight is 251 g/mol. The zero-order chi connectivity index (χ0) is 13.2. The van der Waals surface area contributed by atoms with Gasteiger partial charge in [-0.05, 0) is 12.0 Å². The van der Waals surface area contributed by atoms with Gasteiger partial charge in [0.2, 0.25) is 0 Å². The van der Waals surface area contributed by atoms with E-state index >= 15 is 0 Å². The third kappa shape index (κ3) is 5.80. The number of nitrogens with one attached hydrogen (secondary N) is 1. The van der Waals surface area contributed by atoms with Crippen molar-refractivity contribution < 1.29 is 14.7 Å². The van der Waals surface area contributed by atoms with E-state index in [0.717, 1.165) is 18.4 Å². The highest BCUT2D eigenvalue weighted by Gasteiger charge is 2.16. The van der Waals surface area contributed by atoms with E-state index in [-0.39, 0.29) is 5.92 Å². The quantitative estimate of drug-likeness (QED) is 0.523. The van der Waals surface area contributed by atoms with E-state index in [0.29, 0.717) is 19.6 Å². The number of hydrogen-bond donors (Lipinski definition) is 2. The summed E-state index contributed by atoms with van der Waals surface area (Å²) in [5.74, 6) is -1.14. The van der Waals surface area contributed by atoms with Crippen LogP contribution in [0.4, 0.5) is 0 Å². The minimum absolute atomic E-state index is 0.349. The molecule has 0 spiro atoms. The minimum atomic E-state index is -0.765. The van der Waals surface area contributed by atoms with Crippen LogP contribution < -0.4 is 5.48 Å². The van der Waals surface area contributed by atoms with Crippen molar-refractivity contribution in [3.05, 3.63) is 35.9 Å². The smallest absolute Gasteiger partial charge is 0.307 e. The van der Waals surface area contributed by atoms with Gasteiger partial charge in [0.05, 0.1) is 12.5 Å². The molecule has 100 valence electrons. The maximum Gasteiger partial charge on any atom is 0.307 e. The first-order valence-corrected chi connectivity index (χ1v) is 6.35. The van der Waals surface area contributed by atoms with Crippen LogP contribution in [-0.2, 0) is 16.2 Å². The molecule has 4 nitrogen and oxygen atoms in total. The predicted molar refractivity (Wildman–Crippen MR) is 69.9 cm³/mol. The second-order valence-corrected chi connectivity index (χ2v) is 4.30. The van der Waals surface area contributed by atoms with Crippen LogP contribution >= 0.6 is 0 Å². The Bertz CT molecular complexity index is 340.